The molecule has 0 fully saturated rings. The van der Waals surface area contributed by atoms with Crippen LogP contribution in [0.2, 0.25) is 0 Å². The molecule has 0 radical (unpaired) electrons. The molecule has 1 rings (SSSR count). The van der Waals surface area contributed by atoms with Crippen molar-refractivity contribution >= 4 is 0 Å². The van der Waals surface area contributed by atoms with Gasteiger partial charge in [-0.3, -0.25) is 4.68 Å². The van der Waals surface area contributed by atoms with E-state index in [9.17, 15) is 0 Å². The molecule has 1 N–H and O–H groups in total. The largest absolute Gasteiger partial charge is 0.314 e. The summed E-state index contributed by atoms with van der Waals surface area (Å²) in [7, 11) is 1.98. The Morgan fingerprint density at radius 2 is 2.05 bits per heavy atom. The maximum atomic E-state index is 4.24. The Morgan fingerprint density at radius 3 is 2.53 bits per heavy atom. The van der Waals surface area contributed by atoms with Crippen LogP contribution in [0, 0.1) is 11.3 Å². The summed E-state index contributed by atoms with van der Waals surface area (Å²) in [5.74, 6) is 0.727. The van der Waals surface area contributed by atoms with E-state index in [1.54, 1.807) is 0 Å². The van der Waals surface area contributed by atoms with E-state index in [-0.39, 0.29) is 0 Å². The van der Waals surface area contributed by atoms with Gasteiger partial charge in [-0.1, -0.05) is 34.6 Å². The number of nitrogens with one attached hydrogen (secondary N) is 1. The predicted molar refractivity (Wildman–Crippen MR) is 82.2 cm³/mol. The Hall–Kier alpha value is -0.830. The molecule has 19 heavy (non-hydrogen) atoms. The first-order valence-electron chi connectivity index (χ1n) is 7.53. The molecule has 0 aliphatic carbocycles. The van der Waals surface area contributed by atoms with E-state index >= 15 is 0 Å². The maximum absolute atomic E-state index is 4.24. The van der Waals surface area contributed by atoms with Crippen molar-refractivity contribution in [1.29, 1.82) is 0 Å². The average molecular weight is 265 g/mol. The average Bonchev–Trinajstić information content (AvgIpc) is 2.71. The van der Waals surface area contributed by atoms with Crippen molar-refractivity contribution in [3.8, 4) is 0 Å². The van der Waals surface area contributed by atoms with Gasteiger partial charge in [-0.15, -0.1) is 0 Å². The lowest BCUT2D eigenvalue weighted by atomic mass is 9.78. The fraction of sp³-hybridized carbons (Fsp3) is 0.812. The highest BCUT2D eigenvalue weighted by Gasteiger charge is 2.23. The molecule has 3 nitrogen and oxygen atoms in total. The summed E-state index contributed by atoms with van der Waals surface area (Å²) in [5.41, 5.74) is 1.73. The SMILES string of the molecule is CCNC(CCc1cnn(C)c1)CC(C)C(C)(C)C. The summed E-state index contributed by atoms with van der Waals surface area (Å²) >= 11 is 0. The van der Waals surface area contributed by atoms with E-state index < -0.39 is 0 Å². The second-order valence-electron chi connectivity index (χ2n) is 6.82. The van der Waals surface area contributed by atoms with Crippen LogP contribution in [0.25, 0.3) is 0 Å². The number of aryl methyl sites for hydroxylation is 2. The van der Waals surface area contributed by atoms with Crippen LogP contribution in [0.5, 0.6) is 0 Å². The van der Waals surface area contributed by atoms with Crippen molar-refractivity contribution in [2.45, 2.75) is 59.9 Å². The normalized spacial score (nSPS) is 15.5. The van der Waals surface area contributed by atoms with Crippen molar-refractivity contribution in [3.63, 3.8) is 0 Å². The van der Waals surface area contributed by atoms with Crippen LogP contribution < -0.4 is 5.32 Å². The molecule has 1 aromatic rings. The molecule has 0 amide bonds. The molecular weight excluding hydrogens is 234 g/mol. The number of hydrogen-bond acceptors (Lipinski definition) is 2. The molecule has 1 aromatic heterocycles. The summed E-state index contributed by atoms with van der Waals surface area (Å²) in [6.45, 7) is 12.6. The highest BCUT2D eigenvalue weighted by molar-refractivity contribution is 5.04. The number of rotatable bonds is 7. The zero-order valence-corrected chi connectivity index (χ0v) is 13.5. The van der Waals surface area contributed by atoms with Crippen LogP contribution in [-0.2, 0) is 13.5 Å². The smallest absolute Gasteiger partial charge is 0.0521 e. The van der Waals surface area contributed by atoms with Gasteiger partial charge in [-0.25, -0.2) is 0 Å². The van der Waals surface area contributed by atoms with E-state index in [0.29, 0.717) is 11.5 Å². The van der Waals surface area contributed by atoms with Crippen LogP contribution in [0.3, 0.4) is 0 Å². The molecule has 0 saturated heterocycles. The third-order valence-corrected chi connectivity index (χ3v) is 4.15. The van der Waals surface area contributed by atoms with Gasteiger partial charge >= 0.3 is 0 Å². The van der Waals surface area contributed by atoms with Gasteiger partial charge in [-0.05, 0) is 42.7 Å². The molecule has 0 saturated carbocycles. The first kappa shape index (κ1) is 16.2. The molecule has 110 valence electrons. The molecule has 0 aromatic carbocycles. The molecule has 2 unspecified atom stereocenters. The van der Waals surface area contributed by atoms with Gasteiger partial charge in [0.1, 0.15) is 0 Å². The van der Waals surface area contributed by atoms with E-state index in [1.807, 2.05) is 17.9 Å². The monoisotopic (exact) mass is 265 g/mol. The Labute approximate surface area is 118 Å². The lowest BCUT2D eigenvalue weighted by Gasteiger charge is -2.31. The van der Waals surface area contributed by atoms with Crippen LogP contribution >= 0.6 is 0 Å². The van der Waals surface area contributed by atoms with Crippen LogP contribution in [0.4, 0.5) is 0 Å². The first-order valence-corrected chi connectivity index (χ1v) is 7.53. The Kier molecular flexibility index (Phi) is 6.05. The van der Waals surface area contributed by atoms with Crippen molar-refractivity contribution in [3.05, 3.63) is 18.0 Å². The number of aromatic nitrogens is 2. The van der Waals surface area contributed by atoms with E-state index in [0.717, 1.165) is 18.9 Å². The summed E-state index contributed by atoms with van der Waals surface area (Å²) in [6, 6.07) is 0.611. The minimum Gasteiger partial charge on any atom is -0.314 e. The Balaban J connectivity index is 2.48. The lowest BCUT2D eigenvalue weighted by molar-refractivity contribution is 0.220. The van der Waals surface area contributed by atoms with Crippen LogP contribution in [-0.4, -0.2) is 22.4 Å². The number of hydrogen-bond donors (Lipinski definition) is 1. The molecule has 0 aliphatic rings. The highest BCUT2D eigenvalue weighted by Crippen LogP contribution is 2.29. The zero-order valence-electron chi connectivity index (χ0n) is 13.5. The minimum absolute atomic E-state index is 0.391. The van der Waals surface area contributed by atoms with Crippen molar-refractivity contribution in [1.82, 2.24) is 15.1 Å². The lowest BCUT2D eigenvalue weighted by Crippen LogP contribution is -2.34. The van der Waals surface area contributed by atoms with Crippen molar-refractivity contribution in [2.75, 3.05) is 6.54 Å². The first-order chi connectivity index (χ1) is 8.82. The molecule has 0 bridgehead atoms. The van der Waals surface area contributed by atoms with Gasteiger partial charge in [0.05, 0.1) is 6.20 Å². The second-order valence-corrected chi connectivity index (χ2v) is 6.82. The second kappa shape index (κ2) is 7.09. The summed E-state index contributed by atoms with van der Waals surface area (Å²) < 4.78 is 1.88. The molecule has 0 spiro atoms. The fourth-order valence-corrected chi connectivity index (χ4v) is 2.31. The van der Waals surface area contributed by atoms with E-state index in [4.69, 9.17) is 0 Å². The van der Waals surface area contributed by atoms with E-state index in [1.165, 1.54) is 18.4 Å². The van der Waals surface area contributed by atoms with Gasteiger partial charge in [0.2, 0.25) is 0 Å². The summed E-state index contributed by atoms with van der Waals surface area (Å²) in [4.78, 5) is 0. The van der Waals surface area contributed by atoms with Gasteiger partial charge < -0.3 is 5.32 Å². The zero-order chi connectivity index (χ0) is 14.5. The molecule has 3 heteroatoms. The molecule has 0 aliphatic heterocycles. The van der Waals surface area contributed by atoms with Crippen molar-refractivity contribution < 1.29 is 0 Å². The van der Waals surface area contributed by atoms with Crippen molar-refractivity contribution in [2.24, 2.45) is 18.4 Å². The third-order valence-electron chi connectivity index (χ3n) is 4.15. The summed E-state index contributed by atoms with van der Waals surface area (Å²) in [5, 5.41) is 7.87. The predicted octanol–water partition coefficient (Wildman–Crippen LogP) is 3.40. The fourth-order valence-electron chi connectivity index (χ4n) is 2.31. The van der Waals surface area contributed by atoms with Gasteiger partial charge in [-0.2, -0.15) is 5.10 Å². The standard InChI is InChI=1S/C16H31N3/c1-7-17-15(10-13(2)16(3,4)5)9-8-14-11-18-19(6)12-14/h11-13,15,17H,7-10H2,1-6H3. The minimum atomic E-state index is 0.391. The van der Waals surface area contributed by atoms with Crippen LogP contribution in [0.1, 0.15) is 53.0 Å². The maximum Gasteiger partial charge on any atom is 0.0521 e. The van der Waals surface area contributed by atoms with Gasteiger partial charge in [0, 0.05) is 19.3 Å². The highest BCUT2D eigenvalue weighted by atomic mass is 15.2. The molecular formula is C16H31N3. The van der Waals surface area contributed by atoms with Gasteiger partial charge in [0.15, 0.2) is 0 Å². The summed E-state index contributed by atoms with van der Waals surface area (Å²) in [6.07, 6.45) is 7.66. The molecule has 2 atom stereocenters. The quantitative estimate of drug-likeness (QED) is 0.819. The van der Waals surface area contributed by atoms with E-state index in [2.05, 4.69) is 51.2 Å². The van der Waals surface area contributed by atoms with Gasteiger partial charge in [0.25, 0.3) is 0 Å². The Bertz CT molecular complexity index is 362. The Morgan fingerprint density at radius 1 is 1.37 bits per heavy atom. The molecule has 1 heterocycles. The van der Waals surface area contributed by atoms with Crippen LogP contribution in [0.15, 0.2) is 12.4 Å². The third kappa shape index (κ3) is 5.77. The topological polar surface area (TPSA) is 29.9 Å². The number of nitrogens with zero attached hydrogens (tertiary/aromatic N) is 2.